The Kier molecular flexibility index (Phi) is 2.68. The molecule has 0 spiro atoms. The van der Waals surface area contributed by atoms with E-state index in [2.05, 4.69) is 0 Å². The molecule has 60 valence electrons. The molecule has 0 bridgehead atoms. The van der Waals surface area contributed by atoms with Gasteiger partial charge in [-0.15, -0.1) is 0 Å². The van der Waals surface area contributed by atoms with Gasteiger partial charge in [0.25, 0.3) is 0 Å². The molecule has 3 heteroatoms. The molecule has 2 N–H and O–H groups in total. The SMILES string of the molecule is Cc1ccc(C)c([Se+](O)O)c1. The van der Waals surface area contributed by atoms with E-state index in [4.69, 9.17) is 8.38 Å². The molecule has 2 nitrogen and oxygen atoms in total. The molecular formula is C8H11O2Se+. The third-order valence-electron chi connectivity index (χ3n) is 1.54. The fourth-order valence-electron chi connectivity index (χ4n) is 0.904. The van der Waals surface area contributed by atoms with Gasteiger partial charge in [0, 0.05) is 0 Å². The fourth-order valence-corrected chi connectivity index (χ4v) is 2.26. The predicted octanol–water partition coefficient (Wildman–Crippen LogP) is -0.0168. The minimum atomic E-state index is -2.47. The number of rotatable bonds is 1. The molecule has 0 aliphatic heterocycles. The van der Waals surface area contributed by atoms with Crippen molar-refractivity contribution >= 4 is 19.0 Å². The normalized spacial score (nSPS) is 10.6. The number of hydrogen-bond acceptors (Lipinski definition) is 2. The molecule has 0 amide bonds. The Morgan fingerprint density at radius 3 is 2.27 bits per heavy atom. The maximum absolute atomic E-state index is 9.01. The summed E-state index contributed by atoms with van der Waals surface area (Å²) in [6.45, 7) is 3.83. The van der Waals surface area contributed by atoms with Crippen LogP contribution < -0.4 is 4.46 Å². The molecule has 0 saturated heterocycles. The zero-order valence-corrected chi connectivity index (χ0v) is 8.25. The molecule has 0 atom stereocenters. The predicted molar refractivity (Wildman–Crippen MR) is 45.7 cm³/mol. The van der Waals surface area contributed by atoms with Crippen LogP contribution in [0.2, 0.25) is 0 Å². The number of aryl methyl sites for hydroxylation is 2. The van der Waals surface area contributed by atoms with Crippen molar-refractivity contribution in [3.8, 4) is 0 Å². The van der Waals surface area contributed by atoms with Crippen LogP contribution in [0.15, 0.2) is 18.2 Å². The third-order valence-corrected chi connectivity index (χ3v) is 3.29. The molecule has 1 aromatic carbocycles. The molecule has 1 aromatic rings. The van der Waals surface area contributed by atoms with Crippen molar-refractivity contribution in [2.75, 3.05) is 0 Å². The van der Waals surface area contributed by atoms with Crippen molar-refractivity contribution in [2.45, 2.75) is 13.8 Å². The average molecular weight is 218 g/mol. The number of hydrogen-bond donors (Lipinski definition) is 2. The molecule has 0 fully saturated rings. The van der Waals surface area contributed by atoms with Crippen LogP contribution in [-0.2, 0) is 0 Å². The first-order valence-corrected chi connectivity index (χ1v) is 5.70. The van der Waals surface area contributed by atoms with E-state index >= 15 is 0 Å². The fraction of sp³-hybridized carbons (Fsp3) is 0.250. The van der Waals surface area contributed by atoms with E-state index in [1.54, 1.807) is 0 Å². The maximum atomic E-state index is 9.01. The summed E-state index contributed by atoms with van der Waals surface area (Å²) in [7, 11) is 0. The first-order chi connectivity index (χ1) is 5.11. The molecular weight excluding hydrogens is 207 g/mol. The molecule has 0 aromatic heterocycles. The molecule has 0 heterocycles. The van der Waals surface area contributed by atoms with Crippen LogP contribution >= 0.6 is 0 Å². The van der Waals surface area contributed by atoms with E-state index in [1.165, 1.54) is 0 Å². The summed E-state index contributed by atoms with van der Waals surface area (Å²) < 4.78 is 18.7. The molecule has 0 radical (unpaired) electrons. The second-order valence-corrected chi connectivity index (χ2v) is 4.56. The molecule has 0 aliphatic rings. The quantitative estimate of drug-likeness (QED) is 0.650. The van der Waals surface area contributed by atoms with E-state index < -0.39 is 14.6 Å². The van der Waals surface area contributed by atoms with Crippen LogP contribution in [0.5, 0.6) is 0 Å². The van der Waals surface area contributed by atoms with Crippen molar-refractivity contribution < 1.29 is 8.38 Å². The summed E-state index contributed by atoms with van der Waals surface area (Å²) >= 11 is -2.47. The van der Waals surface area contributed by atoms with Crippen molar-refractivity contribution in [1.29, 1.82) is 0 Å². The first-order valence-electron chi connectivity index (χ1n) is 3.31. The van der Waals surface area contributed by atoms with Crippen molar-refractivity contribution in [2.24, 2.45) is 0 Å². The molecule has 0 unspecified atom stereocenters. The monoisotopic (exact) mass is 219 g/mol. The van der Waals surface area contributed by atoms with Gasteiger partial charge in [-0.05, 0) is 0 Å². The van der Waals surface area contributed by atoms with Gasteiger partial charge in [-0.1, -0.05) is 0 Å². The van der Waals surface area contributed by atoms with Gasteiger partial charge < -0.3 is 0 Å². The summed E-state index contributed by atoms with van der Waals surface area (Å²) in [6, 6.07) is 5.71. The molecule has 11 heavy (non-hydrogen) atoms. The minimum absolute atomic E-state index is 0.713. The van der Waals surface area contributed by atoms with Crippen molar-refractivity contribution in [3.63, 3.8) is 0 Å². The second-order valence-electron chi connectivity index (χ2n) is 2.53. The van der Waals surface area contributed by atoms with Gasteiger partial charge in [0.15, 0.2) is 0 Å². The molecule has 1 rings (SSSR count). The van der Waals surface area contributed by atoms with E-state index in [-0.39, 0.29) is 0 Å². The van der Waals surface area contributed by atoms with Crippen LogP contribution in [0.25, 0.3) is 0 Å². The topological polar surface area (TPSA) is 40.5 Å². The van der Waals surface area contributed by atoms with Gasteiger partial charge in [0.05, 0.1) is 0 Å². The summed E-state index contributed by atoms with van der Waals surface area (Å²) in [5.74, 6) is 0. The Labute approximate surface area is 71.0 Å². The van der Waals surface area contributed by atoms with Crippen LogP contribution in [0, 0.1) is 13.8 Å². The molecule has 0 aliphatic carbocycles. The zero-order valence-electron chi connectivity index (χ0n) is 6.53. The Hall–Kier alpha value is -0.341. The van der Waals surface area contributed by atoms with Gasteiger partial charge in [-0.3, -0.25) is 0 Å². The Bertz CT molecular complexity index is 258. The Morgan fingerprint density at radius 2 is 1.82 bits per heavy atom. The van der Waals surface area contributed by atoms with E-state index in [1.807, 2.05) is 32.0 Å². The summed E-state index contributed by atoms with van der Waals surface area (Å²) in [5, 5.41) is 0. The van der Waals surface area contributed by atoms with E-state index in [0.717, 1.165) is 11.1 Å². The van der Waals surface area contributed by atoms with Crippen LogP contribution in [0.3, 0.4) is 0 Å². The van der Waals surface area contributed by atoms with Gasteiger partial charge in [-0.2, -0.15) is 0 Å². The van der Waals surface area contributed by atoms with E-state index in [0.29, 0.717) is 4.46 Å². The van der Waals surface area contributed by atoms with Crippen LogP contribution in [0.1, 0.15) is 11.1 Å². The third kappa shape index (κ3) is 2.04. The summed E-state index contributed by atoms with van der Waals surface area (Å²) in [6.07, 6.45) is 0. The zero-order chi connectivity index (χ0) is 8.43. The van der Waals surface area contributed by atoms with Gasteiger partial charge >= 0.3 is 70.6 Å². The van der Waals surface area contributed by atoms with Crippen LogP contribution in [0.4, 0.5) is 0 Å². The van der Waals surface area contributed by atoms with Crippen molar-refractivity contribution in [1.82, 2.24) is 0 Å². The van der Waals surface area contributed by atoms with Gasteiger partial charge in [0.1, 0.15) is 0 Å². The Balaban J connectivity index is 3.13. The second kappa shape index (κ2) is 3.37. The van der Waals surface area contributed by atoms with Crippen molar-refractivity contribution in [3.05, 3.63) is 29.3 Å². The van der Waals surface area contributed by atoms with Gasteiger partial charge in [0.2, 0.25) is 0 Å². The summed E-state index contributed by atoms with van der Waals surface area (Å²) in [5.41, 5.74) is 2.04. The number of benzene rings is 1. The Morgan fingerprint density at radius 1 is 1.18 bits per heavy atom. The summed E-state index contributed by atoms with van der Waals surface area (Å²) in [4.78, 5) is 0. The average Bonchev–Trinajstić information content (AvgIpc) is 1.94. The van der Waals surface area contributed by atoms with Gasteiger partial charge in [-0.25, -0.2) is 0 Å². The van der Waals surface area contributed by atoms with Crippen LogP contribution in [-0.4, -0.2) is 22.9 Å². The van der Waals surface area contributed by atoms with E-state index in [9.17, 15) is 0 Å². The first kappa shape index (κ1) is 8.75. The molecule has 0 saturated carbocycles. The standard InChI is InChI=1S/C8H11O2Se/c1-6-3-4-7(2)8(5-6)11(9)10/h3-5,9-10H,1-2H3/q+1.